The van der Waals surface area contributed by atoms with Crippen LogP contribution in [0.3, 0.4) is 0 Å². The topological polar surface area (TPSA) is 111 Å². The molecular weight excluding hydrogens is 515 g/mol. The normalized spacial score (nSPS) is 13.9. The number of hydrazine groups is 1. The molecule has 10 nitrogen and oxygen atoms in total. The van der Waals surface area contributed by atoms with Crippen molar-refractivity contribution in [3.05, 3.63) is 70.1 Å². The fraction of sp³-hybridized carbons (Fsp3) is 0.280. The van der Waals surface area contributed by atoms with Gasteiger partial charge >= 0.3 is 6.09 Å². The summed E-state index contributed by atoms with van der Waals surface area (Å²) in [6.07, 6.45) is 2.54. The maximum absolute atomic E-state index is 12.9. The Morgan fingerprint density at radius 3 is 2.08 bits per heavy atom. The van der Waals surface area contributed by atoms with E-state index in [0.29, 0.717) is 33.0 Å². The number of benzene rings is 2. The lowest BCUT2D eigenvalue weighted by Gasteiger charge is -2.26. The monoisotopic (exact) mass is 538 g/mol. The summed E-state index contributed by atoms with van der Waals surface area (Å²) in [7, 11) is 0. The van der Waals surface area contributed by atoms with Crippen molar-refractivity contribution < 1.29 is 9.53 Å². The Hall–Kier alpha value is -3.60. The molecule has 1 saturated heterocycles. The number of nitrogens with zero attached hydrogens (tertiary/aromatic N) is 7. The highest BCUT2D eigenvalue weighted by Crippen LogP contribution is 2.33. The van der Waals surface area contributed by atoms with E-state index in [1.165, 1.54) is 0 Å². The van der Waals surface area contributed by atoms with Crippen LogP contribution in [0.1, 0.15) is 30.8 Å². The number of carbonyl (C=O) groups is 1. The number of tetrazole rings is 1. The van der Waals surface area contributed by atoms with Crippen molar-refractivity contribution in [2.45, 2.75) is 32.7 Å². The molecule has 0 atom stereocenters. The van der Waals surface area contributed by atoms with E-state index in [4.69, 9.17) is 37.9 Å². The number of nitrogens with one attached hydrogen (secondary N) is 1. The Balaban J connectivity index is 1.59. The molecule has 12 heteroatoms. The molecule has 5 rings (SSSR count). The molecule has 1 N–H and O–H groups in total. The third-order valence-electron chi connectivity index (χ3n) is 5.97. The van der Waals surface area contributed by atoms with Crippen LogP contribution >= 0.6 is 23.2 Å². The fourth-order valence-electron chi connectivity index (χ4n) is 4.04. The summed E-state index contributed by atoms with van der Waals surface area (Å²) in [4.78, 5) is 22.6. The SMILES string of the molecule is Cc1nnnn1Cc1nc(-c2ccc(Cl)cc2)c(-c2ccc(Cl)cc2)nc1OC(=O)NN1CCCCC1. The number of aryl methyl sites for hydroxylation is 1. The van der Waals surface area contributed by atoms with Crippen molar-refractivity contribution in [2.24, 2.45) is 0 Å². The van der Waals surface area contributed by atoms with Crippen LogP contribution in [-0.4, -0.2) is 54.4 Å². The number of carbonyl (C=O) groups excluding carboxylic acids is 1. The summed E-state index contributed by atoms with van der Waals surface area (Å²) in [5, 5.41) is 14.7. The van der Waals surface area contributed by atoms with Gasteiger partial charge in [0, 0.05) is 34.3 Å². The lowest BCUT2D eigenvalue weighted by molar-refractivity contribution is 0.127. The number of piperidine rings is 1. The summed E-state index contributed by atoms with van der Waals surface area (Å²) in [6, 6.07) is 14.5. The Morgan fingerprint density at radius 1 is 0.919 bits per heavy atom. The van der Waals surface area contributed by atoms with Crippen molar-refractivity contribution in [3.8, 4) is 28.4 Å². The summed E-state index contributed by atoms with van der Waals surface area (Å²) in [5.41, 5.74) is 5.87. The van der Waals surface area contributed by atoms with Gasteiger partial charge in [-0.2, -0.15) is 0 Å². The zero-order valence-electron chi connectivity index (χ0n) is 20.1. The van der Waals surface area contributed by atoms with E-state index in [-0.39, 0.29) is 12.4 Å². The van der Waals surface area contributed by atoms with Gasteiger partial charge in [0.05, 0.1) is 12.2 Å². The second kappa shape index (κ2) is 11.2. The largest absolute Gasteiger partial charge is 0.428 e. The smallest absolute Gasteiger partial charge is 0.388 e. The van der Waals surface area contributed by atoms with Gasteiger partial charge in [0.1, 0.15) is 17.2 Å². The molecule has 1 aliphatic heterocycles. The van der Waals surface area contributed by atoms with Gasteiger partial charge in [-0.05, 0) is 54.5 Å². The van der Waals surface area contributed by atoms with Crippen LogP contribution in [-0.2, 0) is 6.54 Å². The molecule has 1 aliphatic rings. The van der Waals surface area contributed by atoms with Crippen LogP contribution in [0.4, 0.5) is 4.79 Å². The van der Waals surface area contributed by atoms with Crippen molar-refractivity contribution in [2.75, 3.05) is 13.1 Å². The molecule has 2 aromatic heterocycles. The van der Waals surface area contributed by atoms with Crippen molar-refractivity contribution in [1.82, 2.24) is 40.6 Å². The molecular formula is C25H24Cl2N8O2. The Labute approximate surface area is 223 Å². The van der Waals surface area contributed by atoms with Gasteiger partial charge in [-0.3, -0.25) is 5.43 Å². The van der Waals surface area contributed by atoms with Gasteiger partial charge < -0.3 is 4.74 Å². The minimum Gasteiger partial charge on any atom is -0.388 e. The molecule has 0 radical (unpaired) electrons. The number of hydrogen-bond donors (Lipinski definition) is 1. The highest BCUT2D eigenvalue weighted by Gasteiger charge is 2.22. The third-order valence-corrected chi connectivity index (χ3v) is 6.48. The summed E-state index contributed by atoms with van der Waals surface area (Å²) in [5.74, 6) is 0.646. The van der Waals surface area contributed by atoms with E-state index in [2.05, 4.69) is 21.0 Å². The molecule has 37 heavy (non-hydrogen) atoms. The predicted molar refractivity (Wildman–Crippen MR) is 139 cm³/mol. The van der Waals surface area contributed by atoms with Crippen LogP contribution in [0.25, 0.3) is 22.5 Å². The molecule has 0 saturated carbocycles. The molecule has 4 aromatic rings. The van der Waals surface area contributed by atoms with E-state index in [0.717, 1.165) is 43.5 Å². The average Bonchev–Trinajstić information content (AvgIpc) is 3.30. The Kier molecular flexibility index (Phi) is 7.59. The lowest BCUT2D eigenvalue weighted by Crippen LogP contribution is -2.46. The van der Waals surface area contributed by atoms with Crippen molar-refractivity contribution in [3.63, 3.8) is 0 Å². The third kappa shape index (κ3) is 6.04. The van der Waals surface area contributed by atoms with Gasteiger partial charge in [0.2, 0.25) is 5.88 Å². The zero-order chi connectivity index (χ0) is 25.8. The second-order valence-electron chi connectivity index (χ2n) is 8.62. The Bertz CT molecular complexity index is 1390. The molecule has 0 bridgehead atoms. The average molecular weight is 539 g/mol. The van der Waals surface area contributed by atoms with Crippen LogP contribution in [0.2, 0.25) is 10.0 Å². The molecule has 0 unspecified atom stereocenters. The predicted octanol–water partition coefficient (Wildman–Crippen LogP) is 4.95. The molecule has 190 valence electrons. The number of halogens is 2. The lowest BCUT2D eigenvalue weighted by atomic mass is 10.0. The molecule has 1 fully saturated rings. The van der Waals surface area contributed by atoms with E-state index in [1.807, 2.05) is 29.3 Å². The van der Waals surface area contributed by atoms with E-state index >= 15 is 0 Å². The first kappa shape index (κ1) is 25.1. The first-order valence-corrected chi connectivity index (χ1v) is 12.6. The van der Waals surface area contributed by atoms with Crippen LogP contribution in [0.15, 0.2) is 48.5 Å². The number of amides is 1. The molecule has 0 aliphatic carbocycles. The first-order chi connectivity index (χ1) is 18.0. The van der Waals surface area contributed by atoms with E-state index in [9.17, 15) is 4.79 Å². The number of aromatic nitrogens is 6. The maximum atomic E-state index is 12.9. The van der Waals surface area contributed by atoms with E-state index < -0.39 is 6.09 Å². The molecule has 2 aromatic carbocycles. The maximum Gasteiger partial charge on any atom is 0.428 e. The van der Waals surface area contributed by atoms with E-state index in [1.54, 1.807) is 35.9 Å². The van der Waals surface area contributed by atoms with Gasteiger partial charge in [0.15, 0.2) is 0 Å². The van der Waals surface area contributed by atoms with Crippen molar-refractivity contribution in [1.29, 1.82) is 0 Å². The summed E-state index contributed by atoms with van der Waals surface area (Å²) >= 11 is 12.3. The van der Waals surface area contributed by atoms with Gasteiger partial charge in [-0.25, -0.2) is 24.5 Å². The van der Waals surface area contributed by atoms with Crippen LogP contribution < -0.4 is 10.2 Å². The summed E-state index contributed by atoms with van der Waals surface area (Å²) in [6.45, 7) is 3.46. The number of rotatable bonds is 6. The van der Waals surface area contributed by atoms with Crippen LogP contribution in [0, 0.1) is 6.92 Å². The van der Waals surface area contributed by atoms with Crippen LogP contribution in [0.5, 0.6) is 5.88 Å². The van der Waals surface area contributed by atoms with Gasteiger partial charge in [-0.1, -0.05) is 53.9 Å². The molecule has 3 heterocycles. The minimum absolute atomic E-state index is 0.0621. The molecule has 0 spiro atoms. The van der Waals surface area contributed by atoms with Gasteiger partial charge in [0.25, 0.3) is 0 Å². The summed E-state index contributed by atoms with van der Waals surface area (Å²) < 4.78 is 7.30. The zero-order valence-corrected chi connectivity index (χ0v) is 21.6. The minimum atomic E-state index is -0.632. The van der Waals surface area contributed by atoms with Gasteiger partial charge in [-0.15, -0.1) is 5.10 Å². The highest BCUT2D eigenvalue weighted by atomic mass is 35.5. The fourth-order valence-corrected chi connectivity index (χ4v) is 4.29. The number of ether oxygens (including phenoxy) is 1. The number of hydrogen-bond acceptors (Lipinski definition) is 8. The van der Waals surface area contributed by atoms with Crippen molar-refractivity contribution >= 4 is 29.3 Å². The Morgan fingerprint density at radius 2 is 1.51 bits per heavy atom. The first-order valence-electron chi connectivity index (χ1n) is 11.9. The second-order valence-corrected chi connectivity index (χ2v) is 9.49. The quantitative estimate of drug-likeness (QED) is 0.367. The highest BCUT2D eigenvalue weighted by molar-refractivity contribution is 6.31. The standard InChI is InChI=1S/C25H24Cl2N8O2/c1-16-30-32-33-35(16)15-21-24(37-25(36)31-34-13-3-2-4-14-34)29-23(18-7-11-20(27)12-8-18)22(28-21)17-5-9-19(26)10-6-17/h5-12H,2-4,13-15H2,1H3,(H,31,36). The molecule has 1 amide bonds.